The number of carbonyl (C=O) groups is 2. The second-order valence-electron chi connectivity index (χ2n) is 3.60. The average Bonchev–Trinajstić information content (AvgIpc) is 2.39. The number of ether oxygens (including phenoxy) is 1. The van der Waals surface area contributed by atoms with E-state index in [-0.39, 0.29) is 17.7 Å². The molecule has 0 unspecified atom stereocenters. The van der Waals surface area contributed by atoms with E-state index in [0.717, 1.165) is 0 Å². The van der Waals surface area contributed by atoms with Crippen LogP contribution >= 0.6 is 0 Å². The van der Waals surface area contributed by atoms with Crippen LogP contribution in [0.1, 0.15) is 29.3 Å². The van der Waals surface area contributed by atoms with E-state index in [1.54, 1.807) is 6.92 Å². The largest absolute Gasteiger partial charge is 0.466 e. The summed E-state index contributed by atoms with van der Waals surface area (Å²) in [6, 6.07) is 4.13. The lowest BCUT2D eigenvalue weighted by Gasteiger charge is -1.99. The maximum absolute atomic E-state index is 11.1. The number of hydrogen-bond acceptors (Lipinski definition) is 5. The second-order valence-corrected chi connectivity index (χ2v) is 3.60. The molecule has 1 aromatic carbocycles. The number of nitro benzene ring substituents is 1. The molecular formula is C13H13NO5. The van der Waals surface area contributed by atoms with Crippen LogP contribution in [0.5, 0.6) is 0 Å². The summed E-state index contributed by atoms with van der Waals surface area (Å²) >= 11 is 0. The Morgan fingerprint density at radius 2 is 2.21 bits per heavy atom. The molecule has 19 heavy (non-hydrogen) atoms. The fraction of sp³-hybridized carbons (Fsp3) is 0.231. The van der Waals surface area contributed by atoms with E-state index in [2.05, 4.69) is 0 Å². The molecule has 1 rings (SSSR count). The third-order valence-corrected chi connectivity index (χ3v) is 2.27. The molecule has 0 bridgehead atoms. The number of rotatable bonds is 6. The normalized spacial score (nSPS) is 10.4. The van der Waals surface area contributed by atoms with Gasteiger partial charge in [0.15, 0.2) is 0 Å². The Morgan fingerprint density at radius 3 is 2.79 bits per heavy atom. The Bertz CT molecular complexity index is 522. The van der Waals surface area contributed by atoms with Crippen LogP contribution in [-0.4, -0.2) is 23.8 Å². The fourth-order valence-corrected chi connectivity index (χ4v) is 1.44. The molecule has 0 fully saturated rings. The van der Waals surface area contributed by atoms with Gasteiger partial charge in [-0.05, 0) is 13.0 Å². The lowest BCUT2D eigenvalue weighted by Crippen LogP contribution is -2.01. The van der Waals surface area contributed by atoms with E-state index < -0.39 is 10.9 Å². The van der Waals surface area contributed by atoms with Gasteiger partial charge in [0.1, 0.15) is 6.29 Å². The minimum Gasteiger partial charge on any atom is -0.466 e. The predicted molar refractivity (Wildman–Crippen MR) is 68.8 cm³/mol. The van der Waals surface area contributed by atoms with Gasteiger partial charge in [0.2, 0.25) is 0 Å². The number of esters is 1. The van der Waals surface area contributed by atoms with Gasteiger partial charge in [-0.2, -0.15) is 0 Å². The lowest BCUT2D eigenvalue weighted by molar-refractivity contribution is -0.385. The summed E-state index contributed by atoms with van der Waals surface area (Å²) in [5, 5.41) is 10.9. The maximum Gasteiger partial charge on any atom is 0.309 e. The molecule has 0 aliphatic rings. The minimum absolute atomic E-state index is 0.0421. The SMILES string of the molecule is CCOC(=O)CC=Cc1ccc(C=O)cc1[N+](=O)[O-]. The van der Waals surface area contributed by atoms with Crippen molar-refractivity contribution in [2.45, 2.75) is 13.3 Å². The fourth-order valence-electron chi connectivity index (χ4n) is 1.44. The van der Waals surface area contributed by atoms with E-state index in [0.29, 0.717) is 18.5 Å². The zero-order valence-corrected chi connectivity index (χ0v) is 10.4. The quantitative estimate of drug-likeness (QED) is 0.340. The van der Waals surface area contributed by atoms with Crippen LogP contribution in [0.15, 0.2) is 24.3 Å². The van der Waals surface area contributed by atoms with Crippen molar-refractivity contribution in [3.8, 4) is 0 Å². The smallest absolute Gasteiger partial charge is 0.309 e. The van der Waals surface area contributed by atoms with Gasteiger partial charge < -0.3 is 4.74 Å². The van der Waals surface area contributed by atoms with E-state index in [1.807, 2.05) is 0 Å². The Hall–Kier alpha value is -2.50. The van der Waals surface area contributed by atoms with Crippen molar-refractivity contribution in [1.29, 1.82) is 0 Å². The molecule has 1 aromatic rings. The van der Waals surface area contributed by atoms with Crippen LogP contribution in [0, 0.1) is 10.1 Å². The molecular weight excluding hydrogens is 250 g/mol. The van der Waals surface area contributed by atoms with E-state index in [9.17, 15) is 19.7 Å². The number of nitrogens with zero attached hydrogens (tertiary/aromatic N) is 1. The van der Waals surface area contributed by atoms with Crippen molar-refractivity contribution in [3.63, 3.8) is 0 Å². The molecule has 0 spiro atoms. The first kappa shape index (κ1) is 14.6. The molecule has 0 aliphatic heterocycles. The lowest BCUT2D eigenvalue weighted by atomic mass is 10.1. The van der Waals surface area contributed by atoms with Gasteiger partial charge in [0.25, 0.3) is 5.69 Å². The van der Waals surface area contributed by atoms with Gasteiger partial charge in [0, 0.05) is 11.6 Å². The van der Waals surface area contributed by atoms with Gasteiger partial charge >= 0.3 is 5.97 Å². The highest BCUT2D eigenvalue weighted by Crippen LogP contribution is 2.21. The van der Waals surface area contributed by atoms with Gasteiger partial charge in [0.05, 0.1) is 23.5 Å². The number of nitro groups is 1. The van der Waals surface area contributed by atoms with Crippen LogP contribution in [-0.2, 0) is 9.53 Å². The van der Waals surface area contributed by atoms with Crippen molar-refractivity contribution < 1.29 is 19.2 Å². The van der Waals surface area contributed by atoms with Crippen LogP contribution in [0.3, 0.4) is 0 Å². The molecule has 100 valence electrons. The highest BCUT2D eigenvalue weighted by molar-refractivity contribution is 5.79. The summed E-state index contributed by atoms with van der Waals surface area (Å²) in [7, 11) is 0. The van der Waals surface area contributed by atoms with Crippen molar-refractivity contribution in [2.24, 2.45) is 0 Å². The Kier molecular flexibility index (Phi) is 5.40. The van der Waals surface area contributed by atoms with Gasteiger partial charge in [-0.3, -0.25) is 19.7 Å². The number of carbonyl (C=O) groups excluding carboxylic acids is 2. The summed E-state index contributed by atoms with van der Waals surface area (Å²) in [6.07, 6.45) is 3.53. The van der Waals surface area contributed by atoms with Gasteiger partial charge in [-0.1, -0.05) is 18.2 Å². The molecule has 6 nitrogen and oxygen atoms in total. The first-order chi connectivity index (χ1) is 9.08. The summed E-state index contributed by atoms with van der Waals surface area (Å²) in [6.45, 7) is 1.99. The van der Waals surface area contributed by atoms with E-state index in [1.165, 1.54) is 30.4 Å². The summed E-state index contributed by atoms with van der Waals surface area (Å²) < 4.78 is 4.72. The molecule has 0 N–H and O–H groups in total. The average molecular weight is 263 g/mol. The molecule has 0 radical (unpaired) electrons. The molecule has 0 aromatic heterocycles. The Morgan fingerprint density at radius 1 is 1.47 bits per heavy atom. The number of hydrogen-bond donors (Lipinski definition) is 0. The Labute approximate surface area is 109 Å². The molecule has 0 heterocycles. The second kappa shape index (κ2) is 7.05. The first-order valence-electron chi connectivity index (χ1n) is 5.64. The summed E-state index contributed by atoms with van der Waals surface area (Å²) in [5.41, 5.74) is 0.388. The summed E-state index contributed by atoms with van der Waals surface area (Å²) in [5.74, 6) is -0.397. The molecule has 0 saturated carbocycles. The number of benzene rings is 1. The van der Waals surface area contributed by atoms with Gasteiger partial charge in [-0.15, -0.1) is 0 Å². The van der Waals surface area contributed by atoms with Crippen LogP contribution in [0.25, 0.3) is 6.08 Å². The van der Waals surface area contributed by atoms with Crippen LogP contribution < -0.4 is 0 Å². The predicted octanol–water partition coefficient (Wildman–Crippen LogP) is 2.37. The molecule has 0 amide bonds. The zero-order valence-electron chi connectivity index (χ0n) is 10.4. The van der Waals surface area contributed by atoms with E-state index in [4.69, 9.17) is 4.74 Å². The topological polar surface area (TPSA) is 86.5 Å². The van der Waals surface area contributed by atoms with Crippen molar-refractivity contribution >= 4 is 24.0 Å². The molecule has 0 atom stereocenters. The highest BCUT2D eigenvalue weighted by Gasteiger charge is 2.12. The van der Waals surface area contributed by atoms with Crippen LogP contribution in [0.2, 0.25) is 0 Å². The number of aldehydes is 1. The molecule has 0 aliphatic carbocycles. The highest BCUT2D eigenvalue weighted by atomic mass is 16.6. The van der Waals surface area contributed by atoms with Crippen LogP contribution in [0.4, 0.5) is 5.69 Å². The van der Waals surface area contributed by atoms with E-state index >= 15 is 0 Å². The monoisotopic (exact) mass is 263 g/mol. The molecule has 6 heteroatoms. The molecule has 0 saturated heterocycles. The maximum atomic E-state index is 11.1. The third-order valence-electron chi connectivity index (χ3n) is 2.27. The standard InChI is InChI=1S/C13H13NO5/c1-2-19-13(16)5-3-4-11-7-6-10(9-15)8-12(11)14(17)18/h3-4,6-9H,2,5H2,1H3. The minimum atomic E-state index is -0.572. The van der Waals surface area contributed by atoms with Gasteiger partial charge in [-0.25, -0.2) is 0 Å². The third kappa shape index (κ3) is 4.34. The summed E-state index contributed by atoms with van der Waals surface area (Å²) in [4.78, 5) is 31.9. The van der Waals surface area contributed by atoms with Crippen molar-refractivity contribution in [1.82, 2.24) is 0 Å². The zero-order chi connectivity index (χ0) is 14.3. The Balaban J connectivity index is 2.88. The van der Waals surface area contributed by atoms with Crippen molar-refractivity contribution in [3.05, 3.63) is 45.5 Å². The first-order valence-corrected chi connectivity index (χ1v) is 5.64. The van der Waals surface area contributed by atoms with Crippen molar-refractivity contribution in [2.75, 3.05) is 6.61 Å².